The lowest BCUT2D eigenvalue weighted by Gasteiger charge is -2.30. The Labute approximate surface area is 126 Å². The van der Waals surface area contributed by atoms with Crippen molar-refractivity contribution in [1.29, 1.82) is 0 Å². The fraction of sp³-hybridized carbons (Fsp3) is 0.625. The maximum Gasteiger partial charge on any atom is 0.189 e. The number of hydrogen-bond donors (Lipinski definition) is 3. The van der Waals surface area contributed by atoms with Crippen LogP contribution in [-0.4, -0.2) is 22.1 Å². The highest BCUT2D eigenvalue weighted by molar-refractivity contribution is 5.96. The summed E-state index contributed by atoms with van der Waals surface area (Å²) in [5.41, 5.74) is 7.22. The molecule has 1 heterocycles. The number of nitrogens with zero attached hydrogens (tertiary/aromatic N) is 2. The fourth-order valence-electron chi connectivity index (χ4n) is 3.28. The molecule has 0 bridgehead atoms. The lowest BCUT2D eigenvalue weighted by molar-refractivity contribution is 0.261. The molecule has 1 aromatic rings. The Balaban J connectivity index is 2.01. The summed E-state index contributed by atoms with van der Waals surface area (Å²) in [4.78, 5) is 4.21. The van der Waals surface area contributed by atoms with Gasteiger partial charge in [-0.2, -0.15) is 0 Å². The van der Waals surface area contributed by atoms with E-state index in [4.69, 9.17) is 10.9 Å². The van der Waals surface area contributed by atoms with Crippen LogP contribution in [0.1, 0.15) is 56.7 Å². The maximum atomic E-state index is 8.84. The molecule has 21 heavy (non-hydrogen) atoms. The lowest BCUT2D eigenvalue weighted by atomic mass is 9.83. The molecule has 1 aliphatic rings. The standard InChI is InChI=1S/C16H26N4O/c1-2-14(12-7-4-3-5-8-12)19-11-13-9-6-10-18-15(13)16(17)20-21/h6,9-10,12,14,19,21H,2-5,7-8,11H2,1H3,(H2,17,20). The van der Waals surface area contributed by atoms with Crippen LogP contribution in [-0.2, 0) is 6.54 Å². The highest BCUT2D eigenvalue weighted by Gasteiger charge is 2.22. The van der Waals surface area contributed by atoms with Crippen LogP contribution in [0.5, 0.6) is 0 Å². The van der Waals surface area contributed by atoms with Crippen molar-refractivity contribution in [2.45, 2.75) is 58.0 Å². The van der Waals surface area contributed by atoms with Gasteiger partial charge in [0.15, 0.2) is 5.84 Å². The number of pyridine rings is 1. The summed E-state index contributed by atoms with van der Waals surface area (Å²) in [6, 6.07) is 4.39. The molecule has 0 aliphatic heterocycles. The van der Waals surface area contributed by atoms with Gasteiger partial charge in [-0.1, -0.05) is 37.4 Å². The van der Waals surface area contributed by atoms with Gasteiger partial charge in [0, 0.05) is 18.8 Å². The summed E-state index contributed by atoms with van der Waals surface area (Å²) < 4.78 is 0. The molecule has 1 aliphatic carbocycles. The second-order valence-corrected chi connectivity index (χ2v) is 5.79. The monoisotopic (exact) mass is 290 g/mol. The van der Waals surface area contributed by atoms with Crippen molar-refractivity contribution in [2.75, 3.05) is 0 Å². The van der Waals surface area contributed by atoms with E-state index >= 15 is 0 Å². The van der Waals surface area contributed by atoms with Gasteiger partial charge in [-0.05, 0) is 36.8 Å². The molecule has 0 radical (unpaired) electrons. The zero-order chi connectivity index (χ0) is 15.1. The molecule has 1 atom stereocenters. The van der Waals surface area contributed by atoms with Gasteiger partial charge in [0.2, 0.25) is 0 Å². The Hall–Kier alpha value is -1.62. The van der Waals surface area contributed by atoms with Crippen molar-refractivity contribution in [2.24, 2.45) is 16.8 Å². The van der Waals surface area contributed by atoms with E-state index < -0.39 is 0 Å². The Morgan fingerprint density at radius 3 is 2.90 bits per heavy atom. The smallest absolute Gasteiger partial charge is 0.189 e. The number of hydrogen-bond acceptors (Lipinski definition) is 4. The van der Waals surface area contributed by atoms with E-state index in [-0.39, 0.29) is 5.84 Å². The zero-order valence-electron chi connectivity index (χ0n) is 12.8. The van der Waals surface area contributed by atoms with Crippen LogP contribution in [0.3, 0.4) is 0 Å². The molecule has 0 spiro atoms. The van der Waals surface area contributed by atoms with Gasteiger partial charge in [0.25, 0.3) is 0 Å². The van der Waals surface area contributed by atoms with Crippen LogP contribution in [0.15, 0.2) is 23.5 Å². The first kappa shape index (κ1) is 15.8. The highest BCUT2D eigenvalue weighted by Crippen LogP contribution is 2.27. The van der Waals surface area contributed by atoms with Crippen molar-refractivity contribution in [1.82, 2.24) is 10.3 Å². The molecule has 1 unspecified atom stereocenters. The van der Waals surface area contributed by atoms with E-state index in [0.717, 1.165) is 17.9 Å². The van der Waals surface area contributed by atoms with Crippen LogP contribution < -0.4 is 11.1 Å². The number of nitrogens with one attached hydrogen (secondary N) is 1. The number of rotatable bonds is 6. The first-order valence-electron chi connectivity index (χ1n) is 7.91. The van der Waals surface area contributed by atoms with Crippen LogP contribution in [0, 0.1) is 5.92 Å². The molecule has 1 aromatic heterocycles. The van der Waals surface area contributed by atoms with Gasteiger partial charge in [-0.3, -0.25) is 4.98 Å². The number of nitrogens with two attached hydrogens (primary N) is 1. The minimum Gasteiger partial charge on any atom is -0.409 e. The molecule has 4 N–H and O–H groups in total. The van der Waals surface area contributed by atoms with E-state index in [1.807, 2.05) is 12.1 Å². The van der Waals surface area contributed by atoms with E-state index in [2.05, 4.69) is 22.4 Å². The van der Waals surface area contributed by atoms with Crippen molar-refractivity contribution in [3.63, 3.8) is 0 Å². The molecule has 1 saturated carbocycles. The first-order chi connectivity index (χ1) is 10.3. The maximum absolute atomic E-state index is 8.84. The summed E-state index contributed by atoms with van der Waals surface area (Å²) in [6.45, 7) is 2.94. The molecular weight excluding hydrogens is 264 g/mol. The predicted molar refractivity (Wildman–Crippen MR) is 84.2 cm³/mol. The van der Waals surface area contributed by atoms with Crippen molar-refractivity contribution >= 4 is 5.84 Å². The average molecular weight is 290 g/mol. The number of oxime groups is 1. The number of amidine groups is 1. The zero-order valence-corrected chi connectivity index (χ0v) is 12.8. The van der Waals surface area contributed by atoms with E-state index in [0.29, 0.717) is 18.3 Å². The Bertz CT molecular complexity index is 469. The summed E-state index contributed by atoms with van der Waals surface area (Å²) in [5, 5.41) is 15.5. The van der Waals surface area contributed by atoms with E-state index in [1.54, 1.807) is 6.20 Å². The summed E-state index contributed by atoms with van der Waals surface area (Å²) in [5.74, 6) is 0.839. The Morgan fingerprint density at radius 2 is 2.24 bits per heavy atom. The van der Waals surface area contributed by atoms with Crippen molar-refractivity contribution in [3.8, 4) is 0 Å². The van der Waals surface area contributed by atoms with Crippen LogP contribution in [0.25, 0.3) is 0 Å². The topological polar surface area (TPSA) is 83.5 Å². The highest BCUT2D eigenvalue weighted by atomic mass is 16.4. The van der Waals surface area contributed by atoms with Gasteiger partial charge in [0.05, 0.1) is 0 Å². The predicted octanol–water partition coefficient (Wildman–Crippen LogP) is 2.62. The molecular formula is C16H26N4O. The van der Waals surface area contributed by atoms with Crippen LogP contribution in [0.2, 0.25) is 0 Å². The Kier molecular flexibility index (Phi) is 5.99. The molecule has 2 rings (SSSR count). The van der Waals surface area contributed by atoms with Crippen molar-refractivity contribution in [3.05, 3.63) is 29.6 Å². The third-order valence-corrected chi connectivity index (χ3v) is 4.46. The quantitative estimate of drug-likeness (QED) is 0.325. The summed E-state index contributed by atoms with van der Waals surface area (Å²) in [6.07, 6.45) is 9.52. The summed E-state index contributed by atoms with van der Waals surface area (Å²) in [7, 11) is 0. The minimum atomic E-state index is 0.0677. The Morgan fingerprint density at radius 1 is 1.48 bits per heavy atom. The van der Waals surface area contributed by atoms with Gasteiger partial charge in [-0.15, -0.1) is 0 Å². The number of aromatic nitrogens is 1. The largest absolute Gasteiger partial charge is 0.409 e. The van der Waals surface area contributed by atoms with Gasteiger partial charge >= 0.3 is 0 Å². The van der Waals surface area contributed by atoms with Crippen molar-refractivity contribution < 1.29 is 5.21 Å². The van der Waals surface area contributed by atoms with Gasteiger partial charge in [-0.25, -0.2) is 0 Å². The van der Waals surface area contributed by atoms with Gasteiger partial charge < -0.3 is 16.3 Å². The summed E-state index contributed by atoms with van der Waals surface area (Å²) >= 11 is 0. The molecule has 0 saturated heterocycles. The molecule has 5 heteroatoms. The molecule has 116 valence electrons. The SMILES string of the molecule is CCC(NCc1cccnc1C(N)=NO)C1CCCCC1. The lowest BCUT2D eigenvalue weighted by Crippen LogP contribution is -2.37. The average Bonchev–Trinajstić information content (AvgIpc) is 2.56. The fourth-order valence-corrected chi connectivity index (χ4v) is 3.28. The molecule has 0 amide bonds. The molecule has 1 fully saturated rings. The van der Waals surface area contributed by atoms with E-state index in [1.165, 1.54) is 32.1 Å². The van der Waals surface area contributed by atoms with E-state index in [9.17, 15) is 0 Å². The van der Waals surface area contributed by atoms with Crippen LogP contribution >= 0.6 is 0 Å². The molecule has 5 nitrogen and oxygen atoms in total. The minimum absolute atomic E-state index is 0.0677. The second kappa shape index (κ2) is 7.98. The normalized spacial score (nSPS) is 18.6. The third-order valence-electron chi connectivity index (χ3n) is 4.46. The third kappa shape index (κ3) is 4.17. The first-order valence-corrected chi connectivity index (χ1v) is 7.91. The second-order valence-electron chi connectivity index (χ2n) is 5.79. The molecule has 0 aromatic carbocycles. The van der Waals surface area contributed by atoms with Crippen LogP contribution in [0.4, 0.5) is 0 Å². The van der Waals surface area contributed by atoms with Gasteiger partial charge in [0.1, 0.15) is 5.69 Å².